The Kier molecular flexibility index (Phi) is 3.45. The topological polar surface area (TPSA) is 15.3 Å². The number of hydrogen-bond acceptors (Lipinski definition) is 2. The van der Waals surface area contributed by atoms with Gasteiger partial charge in [0, 0.05) is 12.1 Å². The number of hydrogen-bond donors (Lipinski definition) is 1. The Morgan fingerprint density at radius 2 is 2.00 bits per heavy atom. The molecule has 0 radical (unpaired) electrons. The maximum Gasteiger partial charge on any atom is 0.0308 e. The van der Waals surface area contributed by atoms with Crippen LogP contribution in [0.1, 0.15) is 45.4 Å². The van der Waals surface area contributed by atoms with Crippen LogP contribution >= 0.6 is 0 Å². The average Bonchev–Trinajstić information content (AvgIpc) is 2.51. The Hall–Kier alpha value is -0.0800. The summed E-state index contributed by atoms with van der Waals surface area (Å²) in [6.07, 6.45) is 8.33. The zero-order valence-electron chi connectivity index (χ0n) is 9.52. The van der Waals surface area contributed by atoms with Gasteiger partial charge in [0.05, 0.1) is 0 Å². The van der Waals surface area contributed by atoms with Gasteiger partial charge in [0.15, 0.2) is 0 Å². The van der Waals surface area contributed by atoms with E-state index in [4.69, 9.17) is 0 Å². The zero-order chi connectivity index (χ0) is 9.86. The van der Waals surface area contributed by atoms with Crippen molar-refractivity contribution in [3.8, 4) is 0 Å². The second-order valence-electron chi connectivity index (χ2n) is 5.04. The van der Waals surface area contributed by atoms with Crippen molar-refractivity contribution in [3.63, 3.8) is 0 Å². The lowest BCUT2D eigenvalue weighted by molar-refractivity contribution is 0.210. The standard InChI is InChI=1S/C12H24N2/c1-2-9-14-10-5-8-13-12(11-14)6-3-4-7-12/h13H,2-11H2,1H3. The minimum absolute atomic E-state index is 0.506. The molecule has 0 unspecified atom stereocenters. The van der Waals surface area contributed by atoms with Crippen molar-refractivity contribution >= 4 is 0 Å². The molecule has 1 spiro atoms. The molecule has 1 aliphatic heterocycles. The Labute approximate surface area is 88.1 Å². The fourth-order valence-corrected chi connectivity index (χ4v) is 3.11. The summed E-state index contributed by atoms with van der Waals surface area (Å²) in [5.41, 5.74) is 0.506. The molecule has 0 atom stereocenters. The minimum Gasteiger partial charge on any atom is -0.310 e. The van der Waals surface area contributed by atoms with Crippen molar-refractivity contribution in [2.75, 3.05) is 26.2 Å². The number of rotatable bonds is 2. The molecule has 2 fully saturated rings. The fraction of sp³-hybridized carbons (Fsp3) is 1.00. The molecule has 1 aliphatic carbocycles. The molecule has 0 bridgehead atoms. The molecular formula is C12H24N2. The van der Waals surface area contributed by atoms with Crippen LogP contribution in [0.4, 0.5) is 0 Å². The maximum absolute atomic E-state index is 3.80. The molecule has 0 aromatic rings. The first-order valence-electron chi connectivity index (χ1n) is 6.32. The highest BCUT2D eigenvalue weighted by atomic mass is 15.2. The molecule has 1 saturated heterocycles. The summed E-state index contributed by atoms with van der Waals surface area (Å²) in [5.74, 6) is 0. The molecule has 0 amide bonds. The van der Waals surface area contributed by atoms with Crippen molar-refractivity contribution in [1.29, 1.82) is 0 Å². The summed E-state index contributed by atoms with van der Waals surface area (Å²) in [5, 5.41) is 3.80. The van der Waals surface area contributed by atoms with Crippen LogP contribution in [0.5, 0.6) is 0 Å². The van der Waals surface area contributed by atoms with E-state index in [1.807, 2.05) is 0 Å². The summed E-state index contributed by atoms with van der Waals surface area (Å²) >= 11 is 0. The Morgan fingerprint density at radius 1 is 1.21 bits per heavy atom. The van der Waals surface area contributed by atoms with Crippen LogP contribution in [0.15, 0.2) is 0 Å². The monoisotopic (exact) mass is 196 g/mol. The molecule has 2 aliphatic rings. The van der Waals surface area contributed by atoms with E-state index in [9.17, 15) is 0 Å². The molecule has 82 valence electrons. The van der Waals surface area contributed by atoms with Gasteiger partial charge in [-0.2, -0.15) is 0 Å². The van der Waals surface area contributed by atoms with Gasteiger partial charge in [0.25, 0.3) is 0 Å². The smallest absolute Gasteiger partial charge is 0.0308 e. The van der Waals surface area contributed by atoms with Gasteiger partial charge in [-0.15, -0.1) is 0 Å². The van der Waals surface area contributed by atoms with Crippen molar-refractivity contribution < 1.29 is 0 Å². The first kappa shape index (κ1) is 10.4. The van der Waals surface area contributed by atoms with Gasteiger partial charge >= 0.3 is 0 Å². The van der Waals surface area contributed by atoms with E-state index in [0.717, 1.165) is 0 Å². The molecule has 0 aromatic carbocycles. The van der Waals surface area contributed by atoms with E-state index in [1.54, 1.807) is 0 Å². The highest BCUT2D eigenvalue weighted by Crippen LogP contribution is 2.31. The summed E-state index contributed by atoms with van der Waals surface area (Å²) < 4.78 is 0. The summed E-state index contributed by atoms with van der Waals surface area (Å²) in [7, 11) is 0. The van der Waals surface area contributed by atoms with Crippen molar-refractivity contribution in [3.05, 3.63) is 0 Å². The Morgan fingerprint density at radius 3 is 2.71 bits per heavy atom. The molecule has 2 nitrogen and oxygen atoms in total. The van der Waals surface area contributed by atoms with Gasteiger partial charge in [0.1, 0.15) is 0 Å². The van der Waals surface area contributed by atoms with E-state index >= 15 is 0 Å². The lowest BCUT2D eigenvalue weighted by atomic mass is 9.97. The van der Waals surface area contributed by atoms with Crippen molar-refractivity contribution in [1.82, 2.24) is 10.2 Å². The van der Waals surface area contributed by atoms with Gasteiger partial charge in [-0.05, 0) is 45.3 Å². The molecule has 2 heteroatoms. The second-order valence-corrected chi connectivity index (χ2v) is 5.04. The third kappa shape index (κ3) is 2.29. The Balaban J connectivity index is 1.96. The van der Waals surface area contributed by atoms with Crippen LogP contribution < -0.4 is 5.32 Å². The summed E-state index contributed by atoms with van der Waals surface area (Å²) in [4.78, 5) is 2.67. The fourth-order valence-electron chi connectivity index (χ4n) is 3.11. The number of nitrogens with one attached hydrogen (secondary N) is 1. The van der Waals surface area contributed by atoms with Crippen LogP contribution in [0.25, 0.3) is 0 Å². The van der Waals surface area contributed by atoms with Gasteiger partial charge in [-0.25, -0.2) is 0 Å². The largest absolute Gasteiger partial charge is 0.310 e. The predicted octanol–water partition coefficient (Wildman–Crippen LogP) is 2.00. The average molecular weight is 196 g/mol. The highest BCUT2D eigenvalue weighted by molar-refractivity contribution is 4.96. The van der Waals surface area contributed by atoms with Crippen molar-refractivity contribution in [2.45, 2.75) is 51.0 Å². The lowest BCUT2D eigenvalue weighted by Gasteiger charge is -2.33. The molecular weight excluding hydrogens is 172 g/mol. The number of nitrogens with zero attached hydrogens (tertiary/aromatic N) is 1. The first-order valence-corrected chi connectivity index (χ1v) is 6.32. The first-order chi connectivity index (χ1) is 6.85. The van der Waals surface area contributed by atoms with Gasteiger partial charge in [-0.3, -0.25) is 0 Å². The normalized spacial score (nSPS) is 28.1. The maximum atomic E-state index is 3.80. The molecule has 1 N–H and O–H groups in total. The van der Waals surface area contributed by atoms with Gasteiger partial charge in [-0.1, -0.05) is 19.8 Å². The quantitative estimate of drug-likeness (QED) is 0.727. The lowest BCUT2D eigenvalue weighted by Crippen LogP contribution is -2.49. The van der Waals surface area contributed by atoms with E-state index in [-0.39, 0.29) is 0 Å². The third-order valence-electron chi connectivity index (χ3n) is 3.78. The van der Waals surface area contributed by atoms with E-state index < -0.39 is 0 Å². The molecule has 2 rings (SSSR count). The van der Waals surface area contributed by atoms with Crippen LogP contribution in [0.3, 0.4) is 0 Å². The summed E-state index contributed by atoms with van der Waals surface area (Å²) in [6, 6.07) is 0. The molecule has 0 aromatic heterocycles. The van der Waals surface area contributed by atoms with Crippen LogP contribution in [0, 0.1) is 0 Å². The van der Waals surface area contributed by atoms with Gasteiger partial charge in [0.2, 0.25) is 0 Å². The third-order valence-corrected chi connectivity index (χ3v) is 3.78. The Bertz CT molecular complexity index is 173. The molecule has 1 heterocycles. The molecule has 1 saturated carbocycles. The van der Waals surface area contributed by atoms with Crippen LogP contribution in [0.2, 0.25) is 0 Å². The minimum atomic E-state index is 0.506. The van der Waals surface area contributed by atoms with Gasteiger partial charge < -0.3 is 10.2 Å². The SMILES string of the molecule is CCCN1CCCNC2(CCCC2)C1. The molecule has 14 heavy (non-hydrogen) atoms. The van der Waals surface area contributed by atoms with Crippen molar-refractivity contribution in [2.24, 2.45) is 0 Å². The van der Waals surface area contributed by atoms with Crippen LogP contribution in [-0.4, -0.2) is 36.6 Å². The highest BCUT2D eigenvalue weighted by Gasteiger charge is 2.35. The predicted molar refractivity (Wildman–Crippen MR) is 60.5 cm³/mol. The van der Waals surface area contributed by atoms with E-state index in [1.165, 1.54) is 64.7 Å². The summed E-state index contributed by atoms with van der Waals surface area (Å²) in [6.45, 7) is 7.44. The van der Waals surface area contributed by atoms with Crippen LogP contribution in [-0.2, 0) is 0 Å². The second kappa shape index (κ2) is 4.63. The van der Waals surface area contributed by atoms with E-state index in [2.05, 4.69) is 17.1 Å². The van der Waals surface area contributed by atoms with E-state index in [0.29, 0.717) is 5.54 Å². The zero-order valence-corrected chi connectivity index (χ0v) is 9.52.